The normalized spacial score (nSPS) is 17.5. The Bertz CT molecular complexity index is 626. The van der Waals surface area contributed by atoms with Crippen LogP contribution in [-0.2, 0) is 0 Å². The van der Waals surface area contributed by atoms with Gasteiger partial charge in [0, 0.05) is 39.2 Å². The molecule has 1 fully saturated rings. The first kappa shape index (κ1) is 14.3. The van der Waals surface area contributed by atoms with Gasteiger partial charge in [-0.3, -0.25) is 4.79 Å². The van der Waals surface area contributed by atoms with Crippen LogP contribution >= 0.6 is 0 Å². The van der Waals surface area contributed by atoms with Crippen molar-refractivity contribution in [2.75, 3.05) is 32.1 Å². The number of anilines is 1. The minimum atomic E-state index is -0.169. The van der Waals surface area contributed by atoms with Crippen molar-refractivity contribution in [3.05, 3.63) is 30.2 Å². The molecule has 1 aliphatic heterocycles. The van der Waals surface area contributed by atoms with Crippen molar-refractivity contribution in [2.45, 2.75) is 12.5 Å². The number of aromatic nitrogens is 3. The smallest absolute Gasteiger partial charge is 0.292 e. The number of ether oxygens (including phenoxy) is 1. The van der Waals surface area contributed by atoms with Gasteiger partial charge in [0.05, 0.1) is 12.7 Å². The van der Waals surface area contributed by atoms with Crippen molar-refractivity contribution >= 4 is 11.7 Å². The summed E-state index contributed by atoms with van der Waals surface area (Å²) in [6.07, 6.45) is 2.11. The molecule has 3 rings (SSSR count). The second-order valence-electron chi connectivity index (χ2n) is 5.28. The van der Waals surface area contributed by atoms with Crippen LogP contribution in [0, 0.1) is 0 Å². The van der Waals surface area contributed by atoms with E-state index >= 15 is 0 Å². The fraction of sp³-hybridized carbons (Fsp3) is 0.429. The molecule has 0 spiro atoms. The summed E-state index contributed by atoms with van der Waals surface area (Å²) in [6, 6.07) is 5.18. The van der Waals surface area contributed by atoms with E-state index in [0.29, 0.717) is 19.0 Å². The van der Waals surface area contributed by atoms with Crippen LogP contribution in [0.1, 0.15) is 17.0 Å². The first-order valence-corrected chi connectivity index (χ1v) is 7.01. The number of carbonyl (C=O) groups is 1. The molecule has 116 valence electrons. The fourth-order valence-corrected chi connectivity index (χ4v) is 2.28. The highest BCUT2D eigenvalue weighted by molar-refractivity contribution is 5.91. The number of likely N-dealkylation sites (tertiary alicyclic amines) is 1. The topological polar surface area (TPSA) is 84.6 Å². The predicted octanol–water partition coefficient (Wildman–Crippen LogP) is 0.824. The standard InChI is InChI=1S/C14H17N5O3/c1-18(2)12-3-4-13(17-16-12)21-10-6-8-19(9-10)14(20)11-5-7-15-22-11/h3-5,7,10H,6,8-9H2,1-2H3. The lowest BCUT2D eigenvalue weighted by molar-refractivity contribution is 0.0730. The van der Waals surface area contributed by atoms with Gasteiger partial charge in [-0.25, -0.2) is 0 Å². The lowest BCUT2D eigenvalue weighted by atomic mass is 10.3. The summed E-state index contributed by atoms with van der Waals surface area (Å²) in [5, 5.41) is 11.6. The Morgan fingerprint density at radius 3 is 2.86 bits per heavy atom. The van der Waals surface area contributed by atoms with E-state index in [1.54, 1.807) is 17.0 Å². The first-order chi connectivity index (χ1) is 10.6. The maximum Gasteiger partial charge on any atom is 0.292 e. The lowest BCUT2D eigenvalue weighted by Gasteiger charge is -2.15. The van der Waals surface area contributed by atoms with Crippen molar-refractivity contribution in [2.24, 2.45) is 0 Å². The third kappa shape index (κ3) is 3.00. The molecule has 22 heavy (non-hydrogen) atoms. The van der Waals surface area contributed by atoms with Crippen LogP contribution in [0.4, 0.5) is 5.82 Å². The van der Waals surface area contributed by atoms with Gasteiger partial charge in [0.25, 0.3) is 5.91 Å². The van der Waals surface area contributed by atoms with Crippen LogP contribution in [-0.4, -0.2) is 59.4 Å². The van der Waals surface area contributed by atoms with E-state index in [1.165, 1.54) is 6.20 Å². The van der Waals surface area contributed by atoms with Gasteiger partial charge in [-0.1, -0.05) is 5.16 Å². The molecule has 3 heterocycles. The molecular weight excluding hydrogens is 286 g/mol. The molecular formula is C14H17N5O3. The van der Waals surface area contributed by atoms with Crippen LogP contribution in [0.15, 0.2) is 28.9 Å². The Hall–Kier alpha value is -2.64. The van der Waals surface area contributed by atoms with Crippen LogP contribution in [0.3, 0.4) is 0 Å². The van der Waals surface area contributed by atoms with Gasteiger partial charge in [-0.2, -0.15) is 0 Å². The van der Waals surface area contributed by atoms with Crippen molar-refractivity contribution in [3.63, 3.8) is 0 Å². The Kier molecular flexibility index (Phi) is 3.90. The largest absolute Gasteiger partial charge is 0.471 e. The van der Waals surface area contributed by atoms with Gasteiger partial charge < -0.3 is 19.1 Å². The lowest BCUT2D eigenvalue weighted by Crippen LogP contribution is -2.30. The summed E-state index contributed by atoms with van der Waals surface area (Å²) in [5.74, 6) is 1.30. The molecule has 1 saturated heterocycles. The number of amides is 1. The van der Waals surface area contributed by atoms with E-state index in [1.807, 2.05) is 25.1 Å². The molecule has 0 bridgehead atoms. The zero-order valence-corrected chi connectivity index (χ0v) is 12.5. The van der Waals surface area contributed by atoms with Crippen molar-refractivity contribution in [1.82, 2.24) is 20.3 Å². The molecule has 0 N–H and O–H groups in total. The summed E-state index contributed by atoms with van der Waals surface area (Å²) in [6.45, 7) is 1.12. The zero-order valence-electron chi connectivity index (χ0n) is 12.5. The van der Waals surface area contributed by atoms with E-state index in [0.717, 1.165) is 12.2 Å². The molecule has 2 aromatic heterocycles. The number of hydrogen-bond acceptors (Lipinski definition) is 7. The third-order valence-corrected chi connectivity index (χ3v) is 3.45. The van der Waals surface area contributed by atoms with Gasteiger partial charge in [-0.15, -0.1) is 10.2 Å². The molecule has 1 atom stereocenters. The van der Waals surface area contributed by atoms with E-state index in [4.69, 9.17) is 9.26 Å². The molecule has 8 heteroatoms. The Morgan fingerprint density at radius 1 is 1.36 bits per heavy atom. The molecule has 1 aliphatic rings. The molecule has 0 aliphatic carbocycles. The first-order valence-electron chi connectivity index (χ1n) is 7.01. The maximum atomic E-state index is 12.1. The second kappa shape index (κ2) is 6.00. The Morgan fingerprint density at radius 2 is 2.23 bits per heavy atom. The highest BCUT2D eigenvalue weighted by Gasteiger charge is 2.30. The monoisotopic (exact) mass is 303 g/mol. The van der Waals surface area contributed by atoms with Gasteiger partial charge in [0.1, 0.15) is 6.10 Å². The van der Waals surface area contributed by atoms with E-state index in [-0.39, 0.29) is 17.8 Å². The molecule has 0 aromatic carbocycles. The predicted molar refractivity (Wildman–Crippen MR) is 77.8 cm³/mol. The van der Waals surface area contributed by atoms with Gasteiger partial charge in [-0.05, 0) is 6.07 Å². The fourth-order valence-electron chi connectivity index (χ4n) is 2.28. The Balaban J connectivity index is 1.58. The number of nitrogens with zero attached hydrogens (tertiary/aromatic N) is 5. The van der Waals surface area contributed by atoms with Crippen LogP contribution in [0.25, 0.3) is 0 Å². The minimum Gasteiger partial charge on any atom is -0.471 e. The number of hydrogen-bond donors (Lipinski definition) is 0. The summed E-state index contributed by atoms with van der Waals surface area (Å²) in [5.41, 5.74) is 0. The van der Waals surface area contributed by atoms with Gasteiger partial charge in [0.15, 0.2) is 5.82 Å². The highest BCUT2D eigenvalue weighted by Crippen LogP contribution is 2.19. The number of carbonyl (C=O) groups excluding carboxylic acids is 1. The molecule has 0 saturated carbocycles. The summed E-state index contributed by atoms with van der Waals surface area (Å²) in [7, 11) is 3.79. The highest BCUT2D eigenvalue weighted by atomic mass is 16.5. The van der Waals surface area contributed by atoms with Crippen molar-refractivity contribution in [1.29, 1.82) is 0 Å². The van der Waals surface area contributed by atoms with Crippen LogP contribution < -0.4 is 9.64 Å². The molecule has 1 unspecified atom stereocenters. The van der Waals surface area contributed by atoms with Gasteiger partial charge in [0.2, 0.25) is 11.6 Å². The average molecular weight is 303 g/mol. The molecule has 1 amide bonds. The second-order valence-corrected chi connectivity index (χ2v) is 5.28. The summed E-state index contributed by atoms with van der Waals surface area (Å²) in [4.78, 5) is 15.7. The number of rotatable bonds is 4. The third-order valence-electron chi connectivity index (χ3n) is 3.45. The van der Waals surface area contributed by atoms with Gasteiger partial charge >= 0.3 is 0 Å². The molecule has 8 nitrogen and oxygen atoms in total. The minimum absolute atomic E-state index is 0.0913. The zero-order chi connectivity index (χ0) is 15.5. The average Bonchev–Trinajstić information content (AvgIpc) is 3.19. The Labute approximate surface area is 127 Å². The SMILES string of the molecule is CN(C)c1ccc(OC2CCN(C(=O)c3ccno3)C2)nn1. The van der Waals surface area contributed by atoms with Crippen molar-refractivity contribution < 1.29 is 14.1 Å². The van der Waals surface area contributed by atoms with E-state index in [2.05, 4.69) is 15.4 Å². The van der Waals surface area contributed by atoms with E-state index in [9.17, 15) is 4.79 Å². The molecule has 0 radical (unpaired) electrons. The maximum absolute atomic E-state index is 12.1. The van der Waals surface area contributed by atoms with Crippen molar-refractivity contribution in [3.8, 4) is 5.88 Å². The molecule has 2 aromatic rings. The summed E-state index contributed by atoms with van der Waals surface area (Å²) >= 11 is 0. The quantitative estimate of drug-likeness (QED) is 0.826. The van der Waals surface area contributed by atoms with E-state index < -0.39 is 0 Å². The summed E-state index contributed by atoms with van der Waals surface area (Å²) < 4.78 is 10.7. The van der Waals surface area contributed by atoms with Crippen LogP contribution in [0.5, 0.6) is 5.88 Å². The van der Waals surface area contributed by atoms with Crippen LogP contribution in [0.2, 0.25) is 0 Å².